The molecular formula is C16H14Cl3NO2. The Morgan fingerprint density at radius 3 is 2.32 bits per heavy atom. The van der Waals surface area contributed by atoms with Gasteiger partial charge in [-0.05, 0) is 38.5 Å². The van der Waals surface area contributed by atoms with Crippen molar-refractivity contribution in [3.63, 3.8) is 0 Å². The molecule has 2 rings (SSSR count). The van der Waals surface area contributed by atoms with Crippen LogP contribution in [0.1, 0.15) is 29.8 Å². The predicted octanol–water partition coefficient (Wildman–Crippen LogP) is 4.28. The molecule has 0 spiro atoms. The van der Waals surface area contributed by atoms with E-state index in [9.17, 15) is 9.59 Å². The number of amides is 1. The summed E-state index contributed by atoms with van der Waals surface area (Å²) < 4.78 is 0. The molecule has 0 fully saturated rings. The molecule has 0 saturated heterocycles. The maximum Gasteiger partial charge on any atom is 0.277 e. The fraction of sp³-hybridized carbons (Fsp3) is 0.312. The number of aryl methyl sites for hydroxylation is 1. The molecule has 0 aliphatic heterocycles. The Kier molecular flexibility index (Phi) is 4.81. The van der Waals surface area contributed by atoms with Gasteiger partial charge >= 0.3 is 0 Å². The molecule has 6 heteroatoms. The molecule has 0 bridgehead atoms. The van der Waals surface area contributed by atoms with Crippen LogP contribution >= 0.6 is 34.8 Å². The van der Waals surface area contributed by atoms with Gasteiger partial charge in [0.05, 0.1) is 10.7 Å². The molecule has 2 atom stereocenters. The number of nitrogens with zero attached hydrogens (tertiary/aromatic N) is 1. The van der Waals surface area contributed by atoms with Gasteiger partial charge in [-0.3, -0.25) is 9.59 Å². The zero-order chi connectivity index (χ0) is 16.7. The zero-order valence-electron chi connectivity index (χ0n) is 12.3. The molecule has 0 unspecified atom stereocenters. The van der Waals surface area contributed by atoms with Crippen LogP contribution in [-0.2, 0) is 4.79 Å². The normalized spacial score (nSPS) is 27.5. The lowest BCUT2D eigenvalue weighted by molar-refractivity contribution is -0.117. The fourth-order valence-electron chi connectivity index (χ4n) is 2.07. The highest BCUT2D eigenvalue weighted by atomic mass is 35.5. The summed E-state index contributed by atoms with van der Waals surface area (Å²) in [7, 11) is 0. The molecule has 3 nitrogen and oxygen atoms in total. The summed E-state index contributed by atoms with van der Waals surface area (Å²) in [4.78, 5) is 27.0. The van der Waals surface area contributed by atoms with Gasteiger partial charge in [0.2, 0.25) is 0 Å². The van der Waals surface area contributed by atoms with Crippen LogP contribution in [0.15, 0.2) is 39.9 Å². The van der Waals surface area contributed by atoms with Gasteiger partial charge in [0.15, 0.2) is 5.78 Å². The molecule has 0 N–H and O–H groups in total. The maximum atomic E-state index is 12.3. The number of alkyl halides is 2. The minimum Gasteiger partial charge on any atom is -0.291 e. The standard InChI is InChI=1S/C16H14Cl3NO2/c1-8-4-6-10(7-5-8)15(22)20-12-9(2)11(17)14(21)16(3,19)13(12)18/h4-7,13H,1-3H3/t13-,16-/m0/s1. The number of rotatable bonds is 1. The highest BCUT2D eigenvalue weighted by molar-refractivity contribution is 6.59. The average Bonchev–Trinajstić information content (AvgIpc) is 2.49. The van der Waals surface area contributed by atoms with E-state index in [1.165, 1.54) is 6.92 Å². The third kappa shape index (κ3) is 2.98. The van der Waals surface area contributed by atoms with Crippen LogP contribution in [0.2, 0.25) is 0 Å². The molecule has 1 amide bonds. The van der Waals surface area contributed by atoms with E-state index >= 15 is 0 Å². The van der Waals surface area contributed by atoms with Crippen molar-refractivity contribution in [2.45, 2.75) is 31.0 Å². The van der Waals surface area contributed by atoms with Crippen LogP contribution in [0.25, 0.3) is 0 Å². The van der Waals surface area contributed by atoms with Gasteiger partial charge < -0.3 is 0 Å². The Morgan fingerprint density at radius 1 is 1.23 bits per heavy atom. The first-order chi connectivity index (χ1) is 10.2. The van der Waals surface area contributed by atoms with E-state index in [-0.39, 0.29) is 10.7 Å². The summed E-state index contributed by atoms with van der Waals surface area (Å²) in [6.07, 6.45) is 0. The van der Waals surface area contributed by atoms with Crippen LogP contribution in [0, 0.1) is 6.92 Å². The summed E-state index contributed by atoms with van der Waals surface area (Å²) in [5.41, 5.74) is 2.08. The van der Waals surface area contributed by atoms with E-state index in [0.717, 1.165) is 5.56 Å². The van der Waals surface area contributed by atoms with Crippen LogP contribution in [0.4, 0.5) is 0 Å². The van der Waals surface area contributed by atoms with Gasteiger partial charge in [0.1, 0.15) is 10.3 Å². The number of ketones is 1. The van der Waals surface area contributed by atoms with Crippen molar-refractivity contribution in [2.75, 3.05) is 0 Å². The van der Waals surface area contributed by atoms with Crippen LogP contribution in [0.3, 0.4) is 0 Å². The van der Waals surface area contributed by atoms with E-state index in [4.69, 9.17) is 34.8 Å². The molecule has 1 aromatic carbocycles. The third-order valence-corrected chi connectivity index (χ3v) is 5.19. The minimum absolute atomic E-state index is 0.0372. The Hall–Kier alpha value is -1.16. The molecule has 1 aliphatic carbocycles. The number of allylic oxidation sites excluding steroid dienone is 2. The predicted molar refractivity (Wildman–Crippen MR) is 90.4 cm³/mol. The zero-order valence-corrected chi connectivity index (χ0v) is 14.6. The van der Waals surface area contributed by atoms with Gasteiger partial charge in [0, 0.05) is 5.56 Å². The largest absolute Gasteiger partial charge is 0.291 e. The Balaban J connectivity index is 2.47. The van der Waals surface area contributed by atoms with Gasteiger partial charge in [-0.15, -0.1) is 23.2 Å². The number of halogens is 3. The van der Waals surface area contributed by atoms with Gasteiger partial charge in [-0.25, -0.2) is 4.99 Å². The van der Waals surface area contributed by atoms with Crippen molar-refractivity contribution in [1.29, 1.82) is 0 Å². The number of carbonyl (C=O) groups excluding carboxylic acids is 2. The van der Waals surface area contributed by atoms with E-state index in [1.807, 2.05) is 19.1 Å². The molecule has 0 heterocycles. The number of Topliss-reactive ketones (excluding diaryl/α,β-unsaturated/α-hetero) is 1. The number of aliphatic imine (C=N–C) groups is 1. The summed E-state index contributed by atoms with van der Waals surface area (Å²) >= 11 is 18.5. The summed E-state index contributed by atoms with van der Waals surface area (Å²) in [6.45, 7) is 4.99. The molecule has 22 heavy (non-hydrogen) atoms. The third-order valence-electron chi connectivity index (χ3n) is 3.59. The number of benzene rings is 1. The van der Waals surface area contributed by atoms with Crippen molar-refractivity contribution >= 4 is 52.2 Å². The van der Waals surface area contributed by atoms with Crippen molar-refractivity contribution in [3.8, 4) is 0 Å². The van der Waals surface area contributed by atoms with E-state index in [1.54, 1.807) is 19.1 Å². The molecular weight excluding hydrogens is 345 g/mol. The van der Waals surface area contributed by atoms with Crippen molar-refractivity contribution in [2.24, 2.45) is 4.99 Å². The smallest absolute Gasteiger partial charge is 0.277 e. The lowest BCUT2D eigenvalue weighted by Crippen LogP contribution is -2.48. The molecule has 1 aliphatic rings. The molecule has 116 valence electrons. The van der Waals surface area contributed by atoms with Crippen molar-refractivity contribution in [1.82, 2.24) is 0 Å². The van der Waals surface area contributed by atoms with Gasteiger partial charge in [0.25, 0.3) is 5.91 Å². The van der Waals surface area contributed by atoms with E-state index < -0.39 is 21.9 Å². The van der Waals surface area contributed by atoms with Crippen LogP contribution in [-0.4, -0.2) is 27.7 Å². The van der Waals surface area contributed by atoms with Gasteiger partial charge in [-0.2, -0.15) is 0 Å². The second-order valence-electron chi connectivity index (χ2n) is 5.37. The Morgan fingerprint density at radius 2 is 1.77 bits per heavy atom. The topological polar surface area (TPSA) is 46.5 Å². The maximum absolute atomic E-state index is 12.3. The highest BCUT2D eigenvalue weighted by Crippen LogP contribution is 2.38. The monoisotopic (exact) mass is 357 g/mol. The molecule has 0 aromatic heterocycles. The molecule has 0 saturated carbocycles. The van der Waals surface area contributed by atoms with Crippen molar-refractivity contribution in [3.05, 3.63) is 46.0 Å². The SMILES string of the molecule is CC1=C(Cl)C(=O)[C@@](C)(Cl)[C@@H](Cl)C1=NC(=O)c1ccc(C)cc1. The Labute approximate surface area is 144 Å². The van der Waals surface area contributed by atoms with Crippen molar-refractivity contribution < 1.29 is 9.59 Å². The van der Waals surface area contributed by atoms with E-state index in [2.05, 4.69) is 4.99 Å². The van der Waals surface area contributed by atoms with E-state index in [0.29, 0.717) is 11.1 Å². The lowest BCUT2D eigenvalue weighted by atomic mass is 9.87. The fourth-order valence-corrected chi connectivity index (χ4v) is 2.92. The summed E-state index contributed by atoms with van der Waals surface area (Å²) in [6, 6.07) is 6.99. The first-order valence-corrected chi connectivity index (χ1v) is 7.79. The second kappa shape index (κ2) is 6.15. The quantitative estimate of drug-likeness (QED) is 0.704. The first kappa shape index (κ1) is 17.2. The number of hydrogen-bond acceptors (Lipinski definition) is 2. The number of hydrogen-bond donors (Lipinski definition) is 0. The van der Waals surface area contributed by atoms with Gasteiger partial charge in [-0.1, -0.05) is 29.3 Å². The average molecular weight is 359 g/mol. The first-order valence-electron chi connectivity index (χ1n) is 6.60. The minimum atomic E-state index is -1.43. The van der Waals surface area contributed by atoms with Crippen LogP contribution < -0.4 is 0 Å². The number of carbonyl (C=O) groups is 2. The lowest BCUT2D eigenvalue weighted by Gasteiger charge is -2.32. The molecule has 0 radical (unpaired) electrons. The summed E-state index contributed by atoms with van der Waals surface area (Å²) in [5, 5.41) is -0.969. The second-order valence-corrected chi connectivity index (χ2v) is 6.97. The molecule has 1 aromatic rings. The van der Waals surface area contributed by atoms with Crippen LogP contribution in [0.5, 0.6) is 0 Å². The summed E-state index contributed by atoms with van der Waals surface area (Å²) in [5.74, 6) is -0.915. The Bertz CT molecular complexity index is 703. The highest BCUT2D eigenvalue weighted by Gasteiger charge is 2.47.